The van der Waals surface area contributed by atoms with E-state index in [2.05, 4.69) is 220 Å². The maximum atomic E-state index is 2.70. The van der Waals surface area contributed by atoms with Crippen LogP contribution in [0, 0.1) is 0 Å². The normalized spacial score (nSPS) is 15.0. The van der Waals surface area contributed by atoms with Gasteiger partial charge in [-0.25, -0.2) is 0 Å². The van der Waals surface area contributed by atoms with Crippen molar-refractivity contribution in [2.24, 2.45) is 0 Å². The number of rotatable bonds is 2. The van der Waals surface area contributed by atoms with E-state index in [1.54, 1.807) is 9.81 Å². The molecule has 9 aromatic carbocycles. The van der Waals surface area contributed by atoms with Crippen LogP contribution in [0.4, 0.5) is 68.2 Å². The molecule has 4 nitrogen and oxygen atoms in total. The van der Waals surface area contributed by atoms with Crippen molar-refractivity contribution in [1.29, 1.82) is 0 Å². The van der Waals surface area contributed by atoms with Crippen molar-refractivity contribution in [2.75, 3.05) is 19.6 Å². The fourth-order valence-electron chi connectivity index (χ4n) is 11.9. The Hall–Kier alpha value is -6.81. The molecule has 0 saturated heterocycles. The minimum absolute atomic E-state index is 0.0631. The monoisotopic (exact) mass is 968 g/mol. The van der Waals surface area contributed by atoms with E-state index >= 15 is 0 Å². The van der Waals surface area contributed by atoms with E-state index in [0.29, 0.717) is 0 Å². The number of fused-ring (bicyclic) bond motifs is 14. The first-order chi connectivity index (χ1) is 30.3. The molecule has 0 atom stereocenters. The average Bonchev–Trinajstić information content (AvgIpc) is 3.33. The Kier molecular flexibility index (Phi) is 6.45. The summed E-state index contributed by atoms with van der Waals surface area (Å²) >= 11 is -3.02. The van der Waals surface area contributed by atoms with Gasteiger partial charge < -0.3 is 0 Å². The first-order valence-electron chi connectivity index (χ1n) is 21.3. The Balaban J connectivity index is 1.11. The maximum absolute atomic E-state index is 3.02. The summed E-state index contributed by atoms with van der Waals surface area (Å²) in [4.78, 5) is 10.4. The van der Waals surface area contributed by atoms with Crippen molar-refractivity contribution in [1.82, 2.24) is 0 Å². The molecule has 6 aliphatic heterocycles. The van der Waals surface area contributed by atoms with Gasteiger partial charge in [-0.15, -0.1) is 0 Å². The molecule has 61 heavy (non-hydrogen) atoms. The standard InChI is InChI=1S/C54H33B2N4.Bi/c1-5-19-37(20-6-1)57-45-29-15-13-27-41(45)55-43-35-44-52(36-51(43)59(39-23-9-3-10-24-39)49-33-17-31-47(57)53(49)55)60(40-25-11-4-12-26-40)50-34-18-32-48-54(50)56(44)42-28-14-16-30-46(42)58(48)38-21-7-2-8-22-38;/h1-23,25,27-35H;. The zero-order chi connectivity index (χ0) is 39.5. The summed E-state index contributed by atoms with van der Waals surface area (Å²) < 4.78 is 4.74. The summed E-state index contributed by atoms with van der Waals surface area (Å²) in [6.45, 7) is 0.126. The van der Waals surface area contributed by atoms with Gasteiger partial charge in [0.15, 0.2) is 0 Å². The molecule has 0 amide bonds. The Morgan fingerprint density at radius 3 is 1.11 bits per heavy atom. The van der Waals surface area contributed by atoms with E-state index in [1.807, 2.05) is 0 Å². The second-order valence-corrected chi connectivity index (χ2v) is 24.9. The van der Waals surface area contributed by atoms with Gasteiger partial charge in [-0.3, -0.25) is 0 Å². The van der Waals surface area contributed by atoms with E-state index in [4.69, 9.17) is 0 Å². The molecular formula is C54H33B2BiN4. The molecule has 0 aromatic heterocycles. The third-order valence-electron chi connectivity index (χ3n) is 14.0. The molecule has 0 N–H and O–H groups in total. The van der Waals surface area contributed by atoms with E-state index in [-0.39, 0.29) is 13.4 Å². The predicted molar refractivity (Wildman–Crippen MR) is 259 cm³/mol. The second kappa shape index (κ2) is 11.9. The van der Waals surface area contributed by atoms with Gasteiger partial charge in [0, 0.05) is 0 Å². The van der Waals surface area contributed by atoms with Crippen molar-refractivity contribution in [3.63, 3.8) is 0 Å². The van der Waals surface area contributed by atoms with Gasteiger partial charge in [0.05, 0.1) is 0 Å². The third-order valence-corrected chi connectivity index (χ3v) is 24.1. The number of benzene rings is 9. The van der Waals surface area contributed by atoms with Crippen molar-refractivity contribution in [3.05, 3.63) is 200 Å². The van der Waals surface area contributed by atoms with Gasteiger partial charge in [-0.1, -0.05) is 0 Å². The van der Waals surface area contributed by atoms with Crippen LogP contribution in [0.3, 0.4) is 0 Å². The molecular weight excluding hydrogens is 935 g/mol. The zero-order valence-corrected chi connectivity index (χ0v) is 36.4. The fraction of sp³-hybridized carbons (Fsp3) is 0. The quantitative estimate of drug-likeness (QED) is 0.173. The van der Waals surface area contributed by atoms with Crippen molar-refractivity contribution in [3.8, 4) is 0 Å². The first-order valence-corrected chi connectivity index (χ1v) is 26.5. The Bertz CT molecular complexity index is 3170. The summed E-state index contributed by atoms with van der Waals surface area (Å²) in [7, 11) is 0. The molecule has 0 spiro atoms. The number of nitrogens with zero attached hydrogens (tertiary/aromatic N) is 4. The molecule has 7 heteroatoms. The molecule has 280 valence electrons. The number of anilines is 12. The molecule has 6 aliphatic rings. The molecule has 0 saturated carbocycles. The third kappa shape index (κ3) is 4.06. The van der Waals surface area contributed by atoms with Crippen LogP contribution in [0.15, 0.2) is 200 Å². The summed E-state index contributed by atoms with van der Waals surface area (Å²) in [5.41, 5.74) is 23.9. The van der Waals surface area contributed by atoms with E-state index in [0.717, 1.165) is 0 Å². The predicted octanol–water partition coefficient (Wildman–Crippen LogP) is 6.99. The molecule has 0 radical (unpaired) electrons. The average molecular weight is 968 g/mol. The van der Waals surface area contributed by atoms with Gasteiger partial charge >= 0.3 is 366 Å². The molecule has 0 bridgehead atoms. The summed E-state index contributed by atoms with van der Waals surface area (Å²) in [5, 5.41) is 0. The Labute approximate surface area is 363 Å². The van der Waals surface area contributed by atoms with Crippen LogP contribution in [0.5, 0.6) is 0 Å². The summed E-state index contributed by atoms with van der Waals surface area (Å²) in [6, 6.07) is 76.0. The van der Waals surface area contributed by atoms with Crippen LogP contribution in [0.2, 0.25) is 0 Å². The molecule has 0 fully saturated rings. The number of hydrogen-bond donors (Lipinski definition) is 0. The minimum atomic E-state index is -3.02. The number of para-hydroxylation sites is 6. The fourth-order valence-corrected chi connectivity index (χ4v) is 23.1. The van der Waals surface area contributed by atoms with Crippen LogP contribution in [0.1, 0.15) is 0 Å². The van der Waals surface area contributed by atoms with Gasteiger partial charge in [-0.05, 0) is 0 Å². The zero-order valence-electron chi connectivity index (χ0n) is 32.9. The van der Waals surface area contributed by atoms with Gasteiger partial charge in [0.25, 0.3) is 0 Å². The SMILES string of the molecule is c1ccc(N2c3ccccc3B3c4cc5c6[c]7c4N(c4cccc[c]4[Bi]7[c]4ccccc4N6c4cccc6c4B5c4ccccc4N6c4ccccc4)c4cccc2c43)cc1. The van der Waals surface area contributed by atoms with Gasteiger partial charge in [0.1, 0.15) is 0 Å². The van der Waals surface area contributed by atoms with E-state index in [1.165, 1.54) is 101 Å². The topological polar surface area (TPSA) is 13.0 Å². The summed E-state index contributed by atoms with van der Waals surface area (Å²) in [5.74, 6) is 0. The number of hydrogen-bond acceptors (Lipinski definition) is 4. The van der Waals surface area contributed by atoms with E-state index < -0.39 is 21.8 Å². The molecule has 0 unspecified atom stereocenters. The molecule has 6 heterocycles. The van der Waals surface area contributed by atoms with Crippen molar-refractivity contribution >= 4 is 146 Å². The van der Waals surface area contributed by atoms with E-state index in [9.17, 15) is 0 Å². The first kappa shape index (κ1) is 33.0. The van der Waals surface area contributed by atoms with Crippen LogP contribution < -0.4 is 62.2 Å². The van der Waals surface area contributed by atoms with Crippen LogP contribution >= 0.6 is 0 Å². The summed E-state index contributed by atoms with van der Waals surface area (Å²) in [6.07, 6.45) is 0. The van der Waals surface area contributed by atoms with Crippen molar-refractivity contribution in [2.45, 2.75) is 0 Å². The van der Waals surface area contributed by atoms with Gasteiger partial charge in [0.2, 0.25) is 0 Å². The Morgan fingerprint density at radius 2 is 0.656 bits per heavy atom. The second-order valence-electron chi connectivity index (χ2n) is 16.8. The van der Waals surface area contributed by atoms with Crippen LogP contribution in [-0.2, 0) is 0 Å². The van der Waals surface area contributed by atoms with Crippen molar-refractivity contribution < 1.29 is 0 Å². The molecule has 0 aliphatic carbocycles. The van der Waals surface area contributed by atoms with Crippen LogP contribution in [-0.4, -0.2) is 35.2 Å². The van der Waals surface area contributed by atoms with Crippen LogP contribution in [0.25, 0.3) is 0 Å². The molecule has 15 rings (SSSR count). The molecule has 9 aromatic rings. The Morgan fingerprint density at radius 1 is 0.295 bits per heavy atom. The van der Waals surface area contributed by atoms with Gasteiger partial charge in [-0.2, -0.15) is 0 Å².